The van der Waals surface area contributed by atoms with Crippen LogP contribution in [0.3, 0.4) is 0 Å². The molecule has 2 N–H and O–H groups in total. The van der Waals surface area contributed by atoms with Gasteiger partial charge in [-0.2, -0.15) is 10.2 Å². The van der Waals surface area contributed by atoms with Gasteiger partial charge in [0.15, 0.2) is 5.69 Å². The second-order valence-corrected chi connectivity index (χ2v) is 5.52. The molecule has 0 saturated heterocycles. The molecule has 0 aliphatic carbocycles. The van der Waals surface area contributed by atoms with E-state index in [-0.39, 0.29) is 12.2 Å². The van der Waals surface area contributed by atoms with E-state index < -0.39 is 11.9 Å². The van der Waals surface area contributed by atoms with Gasteiger partial charge in [0.25, 0.3) is 5.91 Å². The standard InChI is InChI=1S/C17H17N5O4/c1-26-14-4-2-3-12(7-14)9-22-10-13(8-18-22)19-17(25)15-5-6-21(20-15)11-16(23)24/h2-8,10H,9,11H2,1H3,(H,19,25)(H,23,24). The minimum absolute atomic E-state index is 0.131. The van der Waals surface area contributed by atoms with Crippen LogP contribution in [0, 0.1) is 0 Å². The van der Waals surface area contributed by atoms with E-state index in [0.29, 0.717) is 12.2 Å². The number of hydrogen-bond acceptors (Lipinski definition) is 5. The average Bonchev–Trinajstić information content (AvgIpc) is 3.24. The summed E-state index contributed by atoms with van der Waals surface area (Å²) in [6.45, 7) is 0.228. The number of nitrogens with zero attached hydrogens (tertiary/aromatic N) is 4. The van der Waals surface area contributed by atoms with Crippen molar-refractivity contribution in [1.29, 1.82) is 0 Å². The van der Waals surface area contributed by atoms with E-state index in [4.69, 9.17) is 9.84 Å². The molecule has 0 aliphatic heterocycles. The van der Waals surface area contributed by atoms with E-state index in [1.54, 1.807) is 18.0 Å². The van der Waals surface area contributed by atoms with E-state index in [9.17, 15) is 9.59 Å². The fourth-order valence-electron chi connectivity index (χ4n) is 2.38. The molecule has 1 aromatic carbocycles. The number of anilines is 1. The Bertz CT molecular complexity index is 931. The first kappa shape index (κ1) is 17.2. The van der Waals surface area contributed by atoms with Crippen molar-refractivity contribution in [3.05, 3.63) is 60.2 Å². The topological polar surface area (TPSA) is 111 Å². The third-order valence-corrected chi connectivity index (χ3v) is 3.54. The Kier molecular flexibility index (Phi) is 4.97. The van der Waals surface area contributed by atoms with Gasteiger partial charge in [-0.3, -0.25) is 19.0 Å². The predicted octanol–water partition coefficient (Wildman–Crippen LogP) is 1.47. The summed E-state index contributed by atoms with van der Waals surface area (Å²) >= 11 is 0. The van der Waals surface area contributed by atoms with Crippen molar-refractivity contribution in [3.63, 3.8) is 0 Å². The van der Waals surface area contributed by atoms with Crippen LogP contribution in [0.25, 0.3) is 0 Å². The van der Waals surface area contributed by atoms with Crippen LogP contribution in [0.4, 0.5) is 5.69 Å². The molecule has 0 spiro atoms. The van der Waals surface area contributed by atoms with Gasteiger partial charge < -0.3 is 15.2 Å². The molecular weight excluding hydrogens is 338 g/mol. The van der Waals surface area contributed by atoms with Gasteiger partial charge in [0.05, 0.1) is 25.5 Å². The number of carboxylic acid groups (broad SMARTS) is 1. The average molecular weight is 355 g/mol. The zero-order valence-electron chi connectivity index (χ0n) is 14.0. The number of amides is 1. The van der Waals surface area contributed by atoms with Crippen LogP contribution in [0.5, 0.6) is 5.75 Å². The summed E-state index contributed by atoms with van der Waals surface area (Å²) < 4.78 is 8.06. The fourth-order valence-corrected chi connectivity index (χ4v) is 2.38. The smallest absolute Gasteiger partial charge is 0.325 e. The van der Waals surface area contributed by atoms with Gasteiger partial charge in [-0.05, 0) is 23.8 Å². The lowest BCUT2D eigenvalue weighted by Crippen LogP contribution is -2.14. The number of hydrogen-bond donors (Lipinski definition) is 2. The highest BCUT2D eigenvalue weighted by atomic mass is 16.5. The summed E-state index contributed by atoms with van der Waals surface area (Å²) in [5.41, 5.74) is 1.66. The van der Waals surface area contributed by atoms with Crippen molar-refractivity contribution in [1.82, 2.24) is 19.6 Å². The van der Waals surface area contributed by atoms with Crippen molar-refractivity contribution in [2.45, 2.75) is 13.1 Å². The van der Waals surface area contributed by atoms with Gasteiger partial charge in [-0.15, -0.1) is 0 Å². The van der Waals surface area contributed by atoms with Gasteiger partial charge in [-0.1, -0.05) is 12.1 Å². The molecule has 2 heterocycles. The number of ether oxygens (including phenoxy) is 1. The van der Waals surface area contributed by atoms with Crippen LogP contribution >= 0.6 is 0 Å². The molecule has 2 aromatic heterocycles. The van der Waals surface area contributed by atoms with Gasteiger partial charge in [0.2, 0.25) is 0 Å². The first-order valence-electron chi connectivity index (χ1n) is 7.75. The molecule has 0 aliphatic rings. The molecule has 1 amide bonds. The molecular formula is C17H17N5O4. The van der Waals surface area contributed by atoms with Crippen LogP contribution in [0.2, 0.25) is 0 Å². The highest BCUT2D eigenvalue weighted by Crippen LogP contribution is 2.14. The Balaban J connectivity index is 1.63. The molecule has 0 radical (unpaired) electrons. The molecule has 0 atom stereocenters. The minimum atomic E-state index is -1.03. The summed E-state index contributed by atoms with van der Waals surface area (Å²) in [4.78, 5) is 22.8. The Labute approximate surface area is 148 Å². The predicted molar refractivity (Wildman–Crippen MR) is 92.1 cm³/mol. The molecule has 3 aromatic rings. The fraction of sp³-hybridized carbons (Fsp3) is 0.176. The number of carboxylic acids is 1. The molecule has 0 bridgehead atoms. The Hall–Kier alpha value is -3.62. The molecule has 0 fully saturated rings. The second-order valence-electron chi connectivity index (χ2n) is 5.52. The summed E-state index contributed by atoms with van der Waals surface area (Å²) in [5, 5.41) is 19.5. The summed E-state index contributed by atoms with van der Waals surface area (Å²) in [6, 6.07) is 9.08. The monoisotopic (exact) mass is 355 g/mol. The Morgan fingerprint density at radius 3 is 2.88 bits per heavy atom. The maximum absolute atomic E-state index is 12.2. The minimum Gasteiger partial charge on any atom is -0.497 e. The lowest BCUT2D eigenvalue weighted by molar-refractivity contribution is -0.137. The van der Waals surface area contributed by atoms with E-state index in [2.05, 4.69) is 15.5 Å². The van der Waals surface area contributed by atoms with Gasteiger partial charge in [0.1, 0.15) is 12.3 Å². The van der Waals surface area contributed by atoms with Crippen LogP contribution in [-0.2, 0) is 17.9 Å². The van der Waals surface area contributed by atoms with E-state index in [1.165, 1.54) is 23.1 Å². The van der Waals surface area contributed by atoms with Gasteiger partial charge >= 0.3 is 5.97 Å². The summed E-state index contributed by atoms with van der Waals surface area (Å²) in [7, 11) is 1.61. The quantitative estimate of drug-likeness (QED) is 0.664. The van der Waals surface area contributed by atoms with E-state index >= 15 is 0 Å². The lowest BCUT2D eigenvalue weighted by atomic mass is 10.2. The van der Waals surface area contributed by atoms with Crippen molar-refractivity contribution in [2.24, 2.45) is 0 Å². The number of methoxy groups -OCH3 is 1. The number of rotatable bonds is 7. The first-order chi connectivity index (χ1) is 12.5. The highest BCUT2D eigenvalue weighted by molar-refractivity contribution is 6.02. The lowest BCUT2D eigenvalue weighted by Gasteiger charge is -2.04. The van der Waals surface area contributed by atoms with Crippen LogP contribution < -0.4 is 10.1 Å². The number of nitrogens with one attached hydrogen (secondary N) is 1. The van der Waals surface area contributed by atoms with Gasteiger partial charge in [-0.25, -0.2) is 0 Å². The van der Waals surface area contributed by atoms with Crippen molar-refractivity contribution < 1.29 is 19.4 Å². The zero-order valence-corrected chi connectivity index (χ0v) is 14.0. The summed E-state index contributed by atoms with van der Waals surface area (Å²) in [6.07, 6.45) is 4.67. The molecule has 26 heavy (non-hydrogen) atoms. The molecule has 3 rings (SSSR count). The van der Waals surface area contributed by atoms with Crippen LogP contribution in [0.1, 0.15) is 16.1 Å². The first-order valence-corrected chi connectivity index (χ1v) is 7.75. The molecule has 9 heteroatoms. The van der Waals surface area contributed by atoms with Crippen molar-refractivity contribution >= 4 is 17.6 Å². The number of carbonyl (C=O) groups excluding carboxylic acids is 1. The maximum Gasteiger partial charge on any atom is 0.325 e. The highest BCUT2D eigenvalue weighted by Gasteiger charge is 2.12. The maximum atomic E-state index is 12.2. The number of aliphatic carboxylic acids is 1. The number of carbonyl (C=O) groups is 2. The normalized spacial score (nSPS) is 10.5. The largest absolute Gasteiger partial charge is 0.497 e. The summed E-state index contributed by atoms with van der Waals surface area (Å²) in [5.74, 6) is -0.700. The Morgan fingerprint density at radius 1 is 1.27 bits per heavy atom. The van der Waals surface area contributed by atoms with Crippen molar-refractivity contribution in [2.75, 3.05) is 12.4 Å². The third-order valence-electron chi connectivity index (χ3n) is 3.54. The third kappa shape index (κ3) is 4.26. The van der Waals surface area contributed by atoms with Crippen molar-refractivity contribution in [3.8, 4) is 5.75 Å². The molecule has 0 unspecified atom stereocenters. The van der Waals surface area contributed by atoms with Gasteiger partial charge in [0, 0.05) is 12.4 Å². The molecule has 0 saturated carbocycles. The molecule has 134 valence electrons. The SMILES string of the molecule is COc1cccc(Cn2cc(NC(=O)c3ccn(CC(=O)O)n3)cn2)c1. The van der Waals surface area contributed by atoms with Crippen LogP contribution in [0.15, 0.2) is 48.9 Å². The Morgan fingerprint density at radius 2 is 2.12 bits per heavy atom. The molecule has 9 nitrogen and oxygen atoms in total. The zero-order chi connectivity index (χ0) is 18.5. The van der Waals surface area contributed by atoms with E-state index in [1.807, 2.05) is 24.3 Å². The number of aromatic nitrogens is 4. The van der Waals surface area contributed by atoms with Crippen LogP contribution in [-0.4, -0.2) is 43.7 Å². The second kappa shape index (κ2) is 7.51. The number of benzene rings is 1. The van der Waals surface area contributed by atoms with E-state index in [0.717, 1.165) is 11.3 Å².